The van der Waals surface area contributed by atoms with Crippen molar-refractivity contribution in [2.45, 2.75) is 33.2 Å². The molecule has 0 saturated carbocycles. The molecule has 1 aliphatic heterocycles. The fraction of sp³-hybridized carbons (Fsp3) is 0.600. The van der Waals surface area contributed by atoms with Crippen molar-refractivity contribution in [2.75, 3.05) is 0 Å². The minimum Gasteiger partial charge on any atom is -0.378 e. The van der Waals surface area contributed by atoms with Gasteiger partial charge >= 0.3 is 0 Å². The summed E-state index contributed by atoms with van der Waals surface area (Å²) in [6.07, 6.45) is 3.00. The molecule has 0 aliphatic carbocycles. The molecule has 76 valence electrons. The van der Waals surface area contributed by atoms with Crippen molar-refractivity contribution in [1.29, 1.82) is 0 Å². The lowest BCUT2D eigenvalue weighted by Gasteiger charge is -2.24. The Morgan fingerprint density at radius 3 is 2.14 bits per heavy atom. The molecule has 2 heterocycles. The van der Waals surface area contributed by atoms with Crippen LogP contribution in [0.2, 0.25) is 0 Å². The van der Waals surface area contributed by atoms with Crippen molar-refractivity contribution < 1.29 is 5.11 Å². The standard InChI is InChI=1S/C10H15N3O/c1-7(2)10(14)13-5-8-9(6-13)12-4-3-11-8/h3-4,7,10,14H,5-6H2,1-2H3. The van der Waals surface area contributed by atoms with Crippen LogP contribution in [0.15, 0.2) is 12.4 Å². The first-order valence-electron chi connectivity index (χ1n) is 4.89. The first-order valence-corrected chi connectivity index (χ1v) is 4.89. The molecule has 1 aliphatic rings. The summed E-state index contributed by atoms with van der Waals surface area (Å²) in [5.41, 5.74) is 1.99. The normalized spacial score (nSPS) is 18.6. The number of nitrogens with zero attached hydrogens (tertiary/aromatic N) is 3. The van der Waals surface area contributed by atoms with Crippen LogP contribution in [0.4, 0.5) is 0 Å². The SMILES string of the molecule is CC(C)C(O)N1Cc2nccnc2C1. The maximum atomic E-state index is 9.87. The predicted octanol–water partition coefficient (Wildman–Crippen LogP) is 0.767. The minimum absolute atomic E-state index is 0.240. The third-order valence-electron chi connectivity index (χ3n) is 2.54. The molecule has 1 unspecified atom stereocenters. The first kappa shape index (κ1) is 9.55. The Labute approximate surface area is 83.6 Å². The highest BCUT2D eigenvalue weighted by molar-refractivity contribution is 5.15. The minimum atomic E-state index is -0.397. The Morgan fingerprint density at radius 1 is 1.21 bits per heavy atom. The summed E-state index contributed by atoms with van der Waals surface area (Å²) in [7, 11) is 0. The second-order valence-corrected chi connectivity index (χ2v) is 4.01. The molecule has 1 aromatic heterocycles. The number of fused-ring (bicyclic) bond motifs is 1. The van der Waals surface area contributed by atoms with E-state index >= 15 is 0 Å². The van der Waals surface area contributed by atoms with Gasteiger partial charge < -0.3 is 5.11 Å². The summed E-state index contributed by atoms with van der Waals surface area (Å²) in [5.74, 6) is 0.240. The molecule has 0 amide bonds. The Bertz CT molecular complexity index is 302. The van der Waals surface area contributed by atoms with Crippen LogP contribution >= 0.6 is 0 Å². The summed E-state index contributed by atoms with van der Waals surface area (Å²) in [6.45, 7) is 5.44. The van der Waals surface area contributed by atoms with E-state index in [4.69, 9.17) is 0 Å². The van der Waals surface area contributed by atoms with Crippen molar-refractivity contribution in [3.8, 4) is 0 Å². The zero-order valence-corrected chi connectivity index (χ0v) is 8.51. The van der Waals surface area contributed by atoms with Crippen LogP contribution in [-0.2, 0) is 13.1 Å². The van der Waals surface area contributed by atoms with E-state index in [0.29, 0.717) is 13.1 Å². The fourth-order valence-corrected chi connectivity index (χ4v) is 1.71. The monoisotopic (exact) mass is 193 g/mol. The van der Waals surface area contributed by atoms with Gasteiger partial charge in [0, 0.05) is 25.5 Å². The number of aromatic nitrogens is 2. The molecule has 0 radical (unpaired) electrons. The lowest BCUT2D eigenvalue weighted by Crippen LogP contribution is -2.34. The van der Waals surface area contributed by atoms with Crippen LogP contribution in [0.1, 0.15) is 25.2 Å². The number of aliphatic hydroxyl groups excluding tert-OH is 1. The van der Waals surface area contributed by atoms with E-state index in [1.54, 1.807) is 12.4 Å². The van der Waals surface area contributed by atoms with Gasteiger partial charge in [0.25, 0.3) is 0 Å². The molecular weight excluding hydrogens is 178 g/mol. The van der Waals surface area contributed by atoms with Gasteiger partial charge in [0.05, 0.1) is 11.4 Å². The van der Waals surface area contributed by atoms with E-state index in [1.807, 2.05) is 18.7 Å². The summed E-state index contributed by atoms with van der Waals surface area (Å²) < 4.78 is 0. The average Bonchev–Trinajstić information content (AvgIpc) is 2.59. The van der Waals surface area contributed by atoms with Crippen LogP contribution in [-0.4, -0.2) is 26.2 Å². The lowest BCUT2D eigenvalue weighted by molar-refractivity contribution is -0.0337. The van der Waals surface area contributed by atoms with Crippen molar-refractivity contribution in [3.05, 3.63) is 23.8 Å². The molecule has 0 saturated heterocycles. The van der Waals surface area contributed by atoms with E-state index in [1.165, 1.54) is 0 Å². The summed E-state index contributed by atoms with van der Waals surface area (Å²) in [4.78, 5) is 10.5. The second kappa shape index (κ2) is 3.63. The third kappa shape index (κ3) is 1.63. The average molecular weight is 193 g/mol. The van der Waals surface area contributed by atoms with E-state index < -0.39 is 6.23 Å². The first-order chi connectivity index (χ1) is 6.68. The molecule has 2 rings (SSSR count). The van der Waals surface area contributed by atoms with Gasteiger partial charge in [-0.1, -0.05) is 13.8 Å². The molecule has 1 aromatic rings. The van der Waals surface area contributed by atoms with Gasteiger partial charge in [0.15, 0.2) is 0 Å². The molecule has 4 nitrogen and oxygen atoms in total. The highest BCUT2D eigenvalue weighted by atomic mass is 16.3. The lowest BCUT2D eigenvalue weighted by atomic mass is 10.2. The number of aliphatic hydroxyl groups is 1. The fourth-order valence-electron chi connectivity index (χ4n) is 1.71. The van der Waals surface area contributed by atoms with Crippen LogP contribution < -0.4 is 0 Å². The number of hydrogen-bond donors (Lipinski definition) is 1. The van der Waals surface area contributed by atoms with Crippen LogP contribution in [0.3, 0.4) is 0 Å². The highest BCUT2D eigenvalue weighted by Crippen LogP contribution is 2.22. The molecule has 1 N–H and O–H groups in total. The zero-order valence-electron chi connectivity index (χ0n) is 8.51. The van der Waals surface area contributed by atoms with Gasteiger partial charge in [-0.3, -0.25) is 14.9 Å². The van der Waals surface area contributed by atoms with Crippen molar-refractivity contribution in [1.82, 2.24) is 14.9 Å². The van der Waals surface area contributed by atoms with Crippen LogP contribution in [0, 0.1) is 5.92 Å². The quantitative estimate of drug-likeness (QED) is 0.753. The molecule has 0 bridgehead atoms. The maximum absolute atomic E-state index is 9.87. The largest absolute Gasteiger partial charge is 0.378 e. The van der Waals surface area contributed by atoms with Gasteiger partial charge in [-0.2, -0.15) is 0 Å². The second-order valence-electron chi connectivity index (χ2n) is 4.01. The molecule has 4 heteroatoms. The van der Waals surface area contributed by atoms with Crippen LogP contribution in [0.5, 0.6) is 0 Å². The van der Waals surface area contributed by atoms with Gasteiger partial charge in [-0.25, -0.2) is 0 Å². The van der Waals surface area contributed by atoms with Gasteiger partial charge in [0.1, 0.15) is 6.23 Å². The zero-order chi connectivity index (χ0) is 10.1. The van der Waals surface area contributed by atoms with Crippen molar-refractivity contribution in [3.63, 3.8) is 0 Å². The molecule has 0 fully saturated rings. The van der Waals surface area contributed by atoms with E-state index in [2.05, 4.69) is 9.97 Å². The summed E-state index contributed by atoms with van der Waals surface area (Å²) in [5, 5.41) is 9.87. The highest BCUT2D eigenvalue weighted by Gasteiger charge is 2.27. The summed E-state index contributed by atoms with van der Waals surface area (Å²) >= 11 is 0. The summed E-state index contributed by atoms with van der Waals surface area (Å²) in [6, 6.07) is 0. The third-order valence-corrected chi connectivity index (χ3v) is 2.54. The van der Waals surface area contributed by atoms with Crippen LogP contribution in [0.25, 0.3) is 0 Å². The smallest absolute Gasteiger partial charge is 0.110 e. The van der Waals surface area contributed by atoms with Gasteiger partial charge in [-0.05, 0) is 5.92 Å². The van der Waals surface area contributed by atoms with E-state index in [-0.39, 0.29) is 5.92 Å². The number of hydrogen-bond acceptors (Lipinski definition) is 4. The Balaban J connectivity index is 2.12. The number of rotatable bonds is 2. The molecule has 14 heavy (non-hydrogen) atoms. The van der Waals surface area contributed by atoms with E-state index in [0.717, 1.165) is 11.4 Å². The van der Waals surface area contributed by atoms with Gasteiger partial charge in [-0.15, -0.1) is 0 Å². The van der Waals surface area contributed by atoms with Crippen molar-refractivity contribution in [2.24, 2.45) is 5.92 Å². The molecule has 0 spiro atoms. The molecular formula is C10H15N3O. The Hall–Kier alpha value is -1.00. The Morgan fingerprint density at radius 2 is 1.71 bits per heavy atom. The molecule has 0 aromatic carbocycles. The van der Waals surface area contributed by atoms with Crippen molar-refractivity contribution >= 4 is 0 Å². The topological polar surface area (TPSA) is 49.2 Å². The Kier molecular flexibility index (Phi) is 2.48. The molecule has 1 atom stereocenters. The maximum Gasteiger partial charge on any atom is 0.110 e. The van der Waals surface area contributed by atoms with Gasteiger partial charge in [0.2, 0.25) is 0 Å². The predicted molar refractivity (Wildman–Crippen MR) is 52.1 cm³/mol. The van der Waals surface area contributed by atoms with E-state index in [9.17, 15) is 5.11 Å².